The molecule has 1 amide bonds. The number of nitrogens with zero attached hydrogens (tertiary/aromatic N) is 6. The van der Waals surface area contributed by atoms with E-state index in [1.165, 1.54) is 17.0 Å². The Morgan fingerprint density at radius 3 is 2.27 bits per heavy atom. The number of hydrogen-bond donors (Lipinski definition) is 1. The van der Waals surface area contributed by atoms with E-state index in [4.69, 9.17) is 23.0 Å². The second-order valence-electron chi connectivity index (χ2n) is 12.8. The quantitative estimate of drug-likeness (QED) is 0.171. The van der Waals surface area contributed by atoms with Crippen molar-refractivity contribution < 1.29 is 9.18 Å². The monoisotopic (exact) mass is 669 g/mol. The van der Waals surface area contributed by atoms with Gasteiger partial charge in [0, 0.05) is 55.8 Å². The second-order valence-corrected chi connectivity index (χ2v) is 13.2. The fourth-order valence-corrected chi connectivity index (χ4v) is 6.23. The predicted molar refractivity (Wildman–Crippen MR) is 191 cm³/mol. The number of hydrogen-bond acceptors (Lipinski definition) is 7. The molecule has 1 aromatic carbocycles. The first-order valence-corrected chi connectivity index (χ1v) is 16.6. The van der Waals surface area contributed by atoms with Crippen LogP contribution in [-0.4, -0.2) is 69.1 Å². The third-order valence-corrected chi connectivity index (χ3v) is 8.65. The summed E-state index contributed by atoms with van der Waals surface area (Å²) in [7, 11) is 0. The summed E-state index contributed by atoms with van der Waals surface area (Å²) in [6, 6.07) is 8.26. The molecule has 0 atom stereocenters. The summed E-state index contributed by atoms with van der Waals surface area (Å²) in [5.74, 6) is 1.94. The summed E-state index contributed by atoms with van der Waals surface area (Å²) in [5, 5.41) is 3.99. The number of piperazine rings is 1. The fourth-order valence-electron chi connectivity index (χ4n) is 5.98. The molecule has 4 heterocycles. The predicted octanol–water partition coefficient (Wildman–Crippen LogP) is 6.07. The van der Waals surface area contributed by atoms with Crippen molar-refractivity contribution in [2.45, 2.75) is 59.4 Å². The van der Waals surface area contributed by atoms with E-state index >= 15 is 4.39 Å². The van der Waals surface area contributed by atoms with E-state index < -0.39 is 11.4 Å². The number of halogens is 2. The third-order valence-electron chi connectivity index (χ3n) is 8.36. The maximum Gasteiger partial charge on any atom is 0.274 e. The summed E-state index contributed by atoms with van der Waals surface area (Å²) in [6.07, 6.45) is 11.0. The molecule has 48 heavy (non-hydrogen) atoms. The number of carbonyl (C=O) groups excluding carboxylic acids is 1. The van der Waals surface area contributed by atoms with Crippen LogP contribution in [0.2, 0.25) is 5.02 Å². The molecule has 0 saturated carbocycles. The van der Waals surface area contributed by atoms with E-state index in [1.807, 2.05) is 52.5 Å². The number of benzene rings is 1. The highest BCUT2D eigenvalue weighted by Crippen LogP contribution is 2.38. The van der Waals surface area contributed by atoms with Crippen molar-refractivity contribution in [1.29, 1.82) is 0 Å². The zero-order valence-corrected chi connectivity index (χ0v) is 29.0. The Hall–Kier alpha value is -4.59. The Labute approximate surface area is 285 Å². The number of aromatic nitrogens is 4. The molecule has 0 radical (unpaired) electrons. The lowest BCUT2D eigenvalue weighted by atomic mass is 10.00. The first-order chi connectivity index (χ1) is 22.9. The van der Waals surface area contributed by atoms with Gasteiger partial charge < -0.3 is 15.1 Å². The fraction of sp³-hybridized carbons (Fsp3) is 0.378. The van der Waals surface area contributed by atoms with E-state index in [1.54, 1.807) is 35.2 Å². The zero-order valence-electron chi connectivity index (χ0n) is 28.2. The van der Waals surface area contributed by atoms with Gasteiger partial charge in [-0.3, -0.25) is 14.2 Å². The van der Waals surface area contributed by atoms with Crippen molar-refractivity contribution in [3.63, 3.8) is 0 Å². The molecule has 250 valence electrons. The second kappa shape index (κ2) is 14.7. The maximum atomic E-state index is 15.2. The van der Waals surface area contributed by atoms with Gasteiger partial charge in [0.15, 0.2) is 0 Å². The number of pyridine rings is 2. The van der Waals surface area contributed by atoms with Crippen molar-refractivity contribution in [3.05, 3.63) is 87.0 Å². The van der Waals surface area contributed by atoms with Crippen LogP contribution in [0.1, 0.15) is 70.3 Å². The van der Waals surface area contributed by atoms with Crippen molar-refractivity contribution in [2.24, 2.45) is 0 Å². The van der Waals surface area contributed by atoms with Gasteiger partial charge in [-0.15, -0.1) is 6.42 Å². The minimum absolute atomic E-state index is 0.0735. The van der Waals surface area contributed by atoms with E-state index in [9.17, 15) is 9.59 Å². The van der Waals surface area contributed by atoms with Crippen molar-refractivity contribution in [1.82, 2.24) is 29.7 Å². The first-order valence-electron chi connectivity index (χ1n) is 16.2. The summed E-state index contributed by atoms with van der Waals surface area (Å²) in [4.78, 5) is 45.5. The molecule has 0 unspecified atom stereocenters. The molecule has 1 fully saturated rings. The van der Waals surface area contributed by atoms with E-state index in [0.29, 0.717) is 66.9 Å². The molecule has 0 spiro atoms. The molecular weight excluding hydrogens is 629 g/mol. The Morgan fingerprint density at radius 1 is 1.04 bits per heavy atom. The summed E-state index contributed by atoms with van der Waals surface area (Å²) >= 11 is 6.89. The van der Waals surface area contributed by atoms with Gasteiger partial charge in [-0.1, -0.05) is 77.3 Å². The van der Waals surface area contributed by atoms with Crippen LogP contribution >= 0.6 is 11.6 Å². The maximum absolute atomic E-state index is 15.2. The molecule has 3 aromatic heterocycles. The van der Waals surface area contributed by atoms with Gasteiger partial charge in [0.1, 0.15) is 23.4 Å². The van der Waals surface area contributed by atoms with Crippen LogP contribution in [0.4, 0.5) is 10.1 Å². The van der Waals surface area contributed by atoms with E-state index in [2.05, 4.69) is 21.2 Å². The Morgan fingerprint density at radius 2 is 1.69 bits per heavy atom. The van der Waals surface area contributed by atoms with Crippen LogP contribution in [0.25, 0.3) is 28.0 Å². The summed E-state index contributed by atoms with van der Waals surface area (Å²) in [6.45, 7) is 14.4. The van der Waals surface area contributed by atoms with Gasteiger partial charge in [-0.25, -0.2) is 19.3 Å². The Bertz CT molecular complexity index is 1950. The minimum atomic E-state index is -0.496. The first kappa shape index (κ1) is 34.7. The number of fused-ring (bicyclic) bond motifs is 1. The smallest absolute Gasteiger partial charge is 0.274 e. The van der Waals surface area contributed by atoms with Crippen LogP contribution in [0, 0.1) is 18.2 Å². The largest absolute Gasteiger partial charge is 0.366 e. The molecular formula is C37H41ClFN7O2. The number of amides is 1. The van der Waals surface area contributed by atoms with Crippen LogP contribution in [-0.2, 0) is 4.79 Å². The highest BCUT2D eigenvalue weighted by molar-refractivity contribution is 6.34. The Balaban J connectivity index is 1.72. The van der Waals surface area contributed by atoms with Gasteiger partial charge in [0.25, 0.3) is 5.56 Å². The number of carbonyl (C=O) groups is 1. The molecule has 9 nitrogen and oxygen atoms in total. The minimum Gasteiger partial charge on any atom is -0.366 e. The molecule has 4 aromatic rings. The number of nitrogens with one attached hydrogen (secondary N) is 1. The van der Waals surface area contributed by atoms with E-state index in [-0.39, 0.29) is 45.2 Å². The SMILES string of the molecule is C#Cc1c(N2CCN(C(=O)/C=C/CNC(C)C)CC2)c2cc(Cl)c(-c3ccccc3F)nc2n(-c2c(C(C)C)ncnc2C(C)C)c1=O. The van der Waals surface area contributed by atoms with Crippen molar-refractivity contribution in [2.75, 3.05) is 37.6 Å². The zero-order chi connectivity index (χ0) is 34.7. The molecule has 0 bridgehead atoms. The van der Waals surface area contributed by atoms with E-state index in [0.717, 1.165) is 0 Å². The molecule has 5 rings (SSSR count). The standard InChI is InChI=1S/C37H41ClFN7O2/c1-8-25-34(45-18-16-44(17-19-45)30(47)14-11-15-40-24(6)7)27-20-28(38)33(26-12-9-10-13-29(26)39)43-36(27)46(37(25)48)35-31(22(2)3)41-21-42-32(35)23(4)5/h1,9-14,20-24,40H,15-19H2,2-7H3/b14-11+. The normalized spacial score (nSPS) is 13.8. The lowest BCUT2D eigenvalue weighted by Gasteiger charge is -2.37. The van der Waals surface area contributed by atoms with Crippen LogP contribution in [0.3, 0.4) is 0 Å². The number of anilines is 1. The van der Waals surface area contributed by atoms with Crippen molar-refractivity contribution >= 4 is 34.2 Å². The highest BCUT2D eigenvalue weighted by Gasteiger charge is 2.30. The van der Waals surface area contributed by atoms with Gasteiger partial charge in [0.05, 0.1) is 33.5 Å². The lowest BCUT2D eigenvalue weighted by molar-refractivity contribution is -0.126. The Kier molecular flexibility index (Phi) is 10.6. The number of rotatable bonds is 9. The average molecular weight is 670 g/mol. The van der Waals surface area contributed by atoms with Gasteiger partial charge >= 0.3 is 0 Å². The van der Waals surface area contributed by atoms with Crippen LogP contribution in [0.5, 0.6) is 0 Å². The molecule has 0 aliphatic carbocycles. The molecule has 1 saturated heterocycles. The third kappa shape index (κ3) is 6.84. The van der Waals surface area contributed by atoms with Crippen LogP contribution < -0.4 is 15.8 Å². The van der Waals surface area contributed by atoms with Gasteiger partial charge in [-0.05, 0) is 30.0 Å². The molecule has 1 aliphatic rings. The molecule has 1 N–H and O–H groups in total. The van der Waals surface area contributed by atoms with Crippen molar-refractivity contribution in [3.8, 4) is 29.3 Å². The summed E-state index contributed by atoms with van der Waals surface area (Å²) < 4.78 is 16.6. The molecule has 1 aliphatic heterocycles. The topological polar surface area (TPSA) is 96.2 Å². The molecule has 11 heteroatoms. The highest BCUT2D eigenvalue weighted by atomic mass is 35.5. The van der Waals surface area contributed by atoms with Gasteiger partial charge in [-0.2, -0.15) is 0 Å². The van der Waals surface area contributed by atoms with Crippen LogP contribution in [0.15, 0.2) is 53.6 Å². The van der Waals surface area contributed by atoms with Gasteiger partial charge in [0.2, 0.25) is 5.91 Å². The summed E-state index contributed by atoms with van der Waals surface area (Å²) in [5.41, 5.74) is 2.63. The average Bonchev–Trinajstić information content (AvgIpc) is 3.06. The lowest BCUT2D eigenvalue weighted by Crippen LogP contribution is -2.49. The number of terminal acetylenes is 1.